The topological polar surface area (TPSA) is 60.2 Å². The van der Waals surface area contributed by atoms with Gasteiger partial charge in [-0.1, -0.05) is 43.6 Å². The first-order valence-corrected chi connectivity index (χ1v) is 7.30. The van der Waals surface area contributed by atoms with Gasteiger partial charge in [0, 0.05) is 11.6 Å². The molecule has 0 atom stereocenters. The van der Waals surface area contributed by atoms with Crippen molar-refractivity contribution in [3.05, 3.63) is 47.0 Å². The van der Waals surface area contributed by atoms with Gasteiger partial charge in [-0.3, -0.25) is 0 Å². The molecule has 0 aliphatic heterocycles. The van der Waals surface area contributed by atoms with E-state index in [0.717, 1.165) is 10.6 Å². The van der Waals surface area contributed by atoms with Crippen LogP contribution in [0.5, 0.6) is 5.88 Å². The van der Waals surface area contributed by atoms with Crippen molar-refractivity contribution < 1.29 is 4.74 Å². The zero-order valence-electron chi connectivity index (χ0n) is 12.3. The molecular weight excluding hydrogens is 286 g/mol. The first-order valence-electron chi connectivity index (χ1n) is 6.93. The lowest BCUT2D eigenvalue weighted by Crippen LogP contribution is -2.09. The predicted molar refractivity (Wildman–Crippen MR) is 87.8 cm³/mol. The van der Waals surface area contributed by atoms with Crippen LogP contribution in [0.1, 0.15) is 19.4 Å². The summed E-state index contributed by atoms with van der Waals surface area (Å²) in [5.41, 5.74) is 7.43. The van der Waals surface area contributed by atoms with Gasteiger partial charge in [-0.25, -0.2) is 0 Å². The number of hydrogen-bond donors (Lipinski definition) is 2. The van der Waals surface area contributed by atoms with E-state index in [2.05, 4.69) is 24.1 Å². The van der Waals surface area contributed by atoms with Crippen LogP contribution >= 0.6 is 11.6 Å². The Morgan fingerprint density at radius 1 is 1.24 bits per heavy atom. The molecule has 0 fully saturated rings. The van der Waals surface area contributed by atoms with E-state index in [-0.39, 0.29) is 0 Å². The minimum Gasteiger partial charge on any atom is -0.476 e. The maximum atomic E-state index is 6.13. The van der Waals surface area contributed by atoms with Gasteiger partial charge in [-0.2, -0.15) is 4.98 Å². The second-order valence-corrected chi connectivity index (χ2v) is 5.65. The zero-order chi connectivity index (χ0) is 15.2. The lowest BCUT2D eigenvalue weighted by Gasteiger charge is -2.12. The second kappa shape index (κ2) is 7.18. The Labute approximate surface area is 130 Å². The van der Waals surface area contributed by atoms with E-state index in [9.17, 15) is 0 Å². The molecule has 0 amide bonds. The van der Waals surface area contributed by atoms with Crippen molar-refractivity contribution in [3.8, 4) is 5.88 Å². The van der Waals surface area contributed by atoms with E-state index in [4.69, 9.17) is 22.1 Å². The van der Waals surface area contributed by atoms with E-state index < -0.39 is 0 Å². The highest BCUT2D eigenvalue weighted by atomic mass is 35.5. The summed E-state index contributed by atoms with van der Waals surface area (Å²) in [5.74, 6) is 1.60. The lowest BCUT2D eigenvalue weighted by atomic mass is 10.2. The van der Waals surface area contributed by atoms with Gasteiger partial charge in [0.2, 0.25) is 5.88 Å². The van der Waals surface area contributed by atoms with Gasteiger partial charge >= 0.3 is 0 Å². The number of nitrogens with two attached hydrogens (primary N) is 1. The summed E-state index contributed by atoms with van der Waals surface area (Å²) in [6.45, 7) is 5.34. The van der Waals surface area contributed by atoms with Gasteiger partial charge in [0.1, 0.15) is 5.82 Å². The number of rotatable bonds is 6. The third kappa shape index (κ3) is 4.53. The van der Waals surface area contributed by atoms with E-state index in [1.54, 1.807) is 6.07 Å². The summed E-state index contributed by atoms with van der Waals surface area (Å²) in [4.78, 5) is 4.39. The second-order valence-electron chi connectivity index (χ2n) is 5.24. The summed E-state index contributed by atoms with van der Waals surface area (Å²) in [6.07, 6.45) is 0. The fraction of sp³-hybridized carbons (Fsp3) is 0.312. The zero-order valence-corrected chi connectivity index (χ0v) is 13.0. The SMILES string of the molecule is CC(C)COc1nc(NCc2ccccc2Cl)ccc1N. The average Bonchev–Trinajstić information content (AvgIpc) is 2.46. The molecule has 2 aromatic rings. The van der Waals surface area contributed by atoms with Crippen molar-refractivity contribution in [1.29, 1.82) is 0 Å². The number of pyridine rings is 1. The maximum Gasteiger partial charge on any atom is 0.239 e. The van der Waals surface area contributed by atoms with Crippen LogP contribution in [-0.4, -0.2) is 11.6 Å². The normalized spacial score (nSPS) is 10.7. The highest BCUT2D eigenvalue weighted by molar-refractivity contribution is 6.31. The number of nitrogen functional groups attached to an aromatic ring is 1. The summed E-state index contributed by atoms with van der Waals surface area (Å²) < 4.78 is 5.61. The van der Waals surface area contributed by atoms with Gasteiger partial charge in [-0.05, 0) is 29.7 Å². The molecule has 0 spiro atoms. The van der Waals surface area contributed by atoms with Crippen LogP contribution < -0.4 is 15.8 Å². The molecule has 0 unspecified atom stereocenters. The predicted octanol–water partition coefficient (Wildman–Crippen LogP) is 3.96. The van der Waals surface area contributed by atoms with Crippen LogP contribution in [0.2, 0.25) is 5.02 Å². The number of hydrogen-bond acceptors (Lipinski definition) is 4. The smallest absolute Gasteiger partial charge is 0.239 e. The van der Waals surface area contributed by atoms with Crippen LogP contribution in [0.25, 0.3) is 0 Å². The summed E-state index contributed by atoms with van der Waals surface area (Å²) in [6, 6.07) is 11.3. The Hall–Kier alpha value is -1.94. The van der Waals surface area contributed by atoms with Crippen LogP contribution in [0.15, 0.2) is 36.4 Å². The number of benzene rings is 1. The fourth-order valence-electron chi connectivity index (χ4n) is 1.74. The maximum absolute atomic E-state index is 6.13. The number of nitrogens with zero attached hydrogens (tertiary/aromatic N) is 1. The molecule has 0 aliphatic rings. The molecule has 0 radical (unpaired) electrons. The minimum atomic E-state index is 0.422. The van der Waals surface area contributed by atoms with Crippen LogP contribution in [0, 0.1) is 5.92 Å². The Morgan fingerprint density at radius 3 is 2.71 bits per heavy atom. The number of aromatic nitrogens is 1. The molecular formula is C16H20ClN3O. The number of ether oxygens (including phenoxy) is 1. The number of anilines is 2. The molecule has 0 aliphatic carbocycles. The van der Waals surface area contributed by atoms with Crippen molar-refractivity contribution in [2.75, 3.05) is 17.7 Å². The Bertz CT molecular complexity index is 602. The molecule has 2 rings (SSSR count). The highest BCUT2D eigenvalue weighted by Gasteiger charge is 2.06. The van der Waals surface area contributed by atoms with Crippen molar-refractivity contribution in [3.63, 3.8) is 0 Å². The molecule has 0 saturated carbocycles. The Kier molecular flexibility index (Phi) is 5.28. The van der Waals surface area contributed by atoms with Gasteiger partial charge in [0.25, 0.3) is 0 Å². The lowest BCUT2D eigenvalue weighted by molar-refractivity contribution is 0.263. The van der Waals surface area contributed by atoms with Crippen LogP contribution in [0.3, 0.4) is 0 Å². The quantitative estimate of drug-likeness (QED) is 0.848. The van der Waals surface area contributed by atoms with Gasteiger partial charge in [0.15, 0.2) is 0 Å². The molecule has 112 valence electrons. The first kappa shape index (κ1) is 15.4. The van der Waals surface area contributed by atoms with Gasteiger partial charge < -0.3 is 15.8 Å². The minimum absolute atomic E-state index is 0.422. The van der Waals surface area contributed by atoms with E-state index in [1.165, 1.54) is 0 Å². The van der Waals surface area contributed by atoms with Crippen molar-refractivity contribution in [2.24, 2.45) is 5.92 Å². The van der Waals surface area contributed by atoms with Crippen molar-refractivity contribution in [2.45, 2.75) is 20.4 Å². The van der Waals surface area contributed by atoms with Gasteiger partial charge in [0.05, 0.1) is 12.3 Å². The molecule has 5 heteroatoms. The Balaban J connectivity index is 2.03. The molecule has 1 heterocycles. The van der Waals surface area contributed by atoms with E-state index in [0.29, 0.717) is 36.5 Å². The first-order chi connectivity index (χ1) is 10.1. The largest absolute Gasteiger partial charge is 0.476 e. The average molecular weight is 306 g/mol. The third-order valence-electron chi connectivity index (χ3n) is 2.86. The summed E-state index contributed by atoms with van der Waals surface area (Å²) in [5, 5.41) is 3.96. The third-order valence-corrected chi connectivity index (χ3v) is 3.23. The molecule has 1 aromatic carbocycles. The molecule has 4 nitrogen and oxygen atoms in total. The van der Waals surface area contributed by atoms with Crippen molar-refractivity contribution >= 4 is 23.1 Å². The Morgan fingerprint density at radius 2 is 2.00 bits per heavy atom. The van der Waals surface area contributed by atoms with E-state index in [1.807, 2.05) is 30.3 Å². The fourth-order valence-corrected chi connectivity index (χ4v) is 1.94. The monoisotopic (exact) mass is 305 g/mol. The van der Waals surface area contributed by atoms with Gasteiger partial charge in [-0.15, -0.1) is 0 Å². The van der Waals surface area contributed by atoms with E-state index >= 15 is 0 Å². The molecule has 1 aromatic heterocycles. The molecule has 0 saturated heterocycles. The number of halogens is 1. The standard InChI is InChI=1S/C16H20ClN3O/c1-11(2)10-21-16-14(18)7-8-15(20-16)19-9-12-5-3-4-6-13(12)17/h3-8,11H,9-10,18H2,1-2H3,(H,19,20). The highest BCUT2D eigenvalue weighted by Crippen LogP contribution is 2.22. The molecule has 0 bridgehead atoms. The summed E-state index contributed by atoms with van der Waals surface area (Å²) in [7, 11) is 0. The number of nitrogens with one attached hydrogen (secondary N) is 1. The summed E-state index contributed by atoms with van der Waals surface area (Å²) >= 11 is 6.13. The van der Waals surface area contributed by atoms with Crippen LogP contribution in [-0.2, 0) is 6.54 Å². The van der Waals surface area contributed by atoms with Crippen LogP contribution in [0.4, 0.5) is 11.5 Å². The molecule has 21 heavy (non-hydrogen) atoms. The van der Waals surface area contributed by atoms with Crippen molar-refractivity contribution in [1.82, 2.24) is 4.98 Å². The molecule has 3 N–H and O–H groups in total.